The van der Waals surface area contributed by atoms with Crippen molar-refractivity contribution < 1.29 is 23.8 Å². The fourth-order valence-electron chi connectivity index (χ4n) is 4.18. The number of carboxylic acids is 1. The van der Waals surface area contributed by atoms with Crippen LogP contribution in [0.15, 0.2) is 60.7 Å². The fraction of sp³-hybridized carbons (Fsp3) is 0.259. The van der Waals surface area contributed by atoms with E-state index in [1.165, 1.54) is 12.1 Å². The summed E-state index contributed by atoms with van der Waals surface area (Å²) in [7, 11) is 0. The maximum atomic E-state index is 14.3. The molecule has 1 aliphatic heterocycles. The van der Waals surface area contributed by atoms with Crippen LogP contribution in [-0.4, -0.2) is 36.2 Å². The third kappa shape index (κ3) is 6.44. The minimum Gasteiger partial charge on any atom is -0.481 e. The molecule has 0 aromatic heterocycles. The second-order valence-electron chi connectivity index (χ2n) is 8.56. The molecule has 182 valence electrons. The molecule has 0 unspecified atom stereocenters. The van der Waals surface area contributed by atoms with Crippen LogP contribution < -0.4 is 16.4 Å². The topological polar surface area (TPSA) is 114 Å². The summed E-state index contributed by atoms with van der Waals surface area (Å²) in [6, 6.07) is 16.9. The Labute approximate surface area is 203 Å². The number of nitrogens with two attached hydrogens (primary N) is 1. The van der Waals surface area contributed by atoms with E-state index in [0.717, 1.165) is 18.5 Å². The SMILES string of the molecule is NCc1cc(F)cc(-c2cc(NC3CCOCC3)cc(C(=O)Nc3ccccc3CC(=O)O)c2)c1. The second kappa shape index (κ2) is 11.1. The number of hydrogen-bond donors (Lipinski definition) is 4. The Hall–Kier alpha value is -3.75. The lowest BCUT2D eigenvalue weighted by atomic mass is 9.98. The van der Waals surface area contributed by atoms with Gasteiger partial charge in [-0.25, -0.2) is 4.39 Å². The Morgan fingerprint density at radius 2 is 1.77 bits per heavy atom. The van der Waals surface area contributed by atoms with Gasteiger partial charge in [0.05, 0.1) is 6.42 Å². The Balaban J connectivity index is 1.69. The minimum absolute atomic E-state index is 0.193. The van der Waals surface area contributed by atoms with Crippen LogP contribution >= 0.6 is 0 Å². The van der Waals surface area contributed by atoms with Gasteiger partial charge in [0.1, 0.15) is 5.82 Å². The van der Waals surface area contributed by atoms with E-state index in [2.05, 4.69) is 10.6 Å². The molecular formula is C27H28FN3O4. The zero-order valence-corrected chi connectivity index (χ0v) is 19.2. The fourth-order valence-corrected chi connectivity index (χ4v) is 4.18. The predicted molar refractivity (Wildman–Crippen MR) is 133 cm³/mol. The molecule has 0 bridgehead atoms. The molecule has 5 N–H and O–H groups in total. The number of hydrogen-bond acceptors (Lipinski definition) is 5. The highest BCUT2D eigenvalue weighted by molar-refractivity contribution is 6.06. The number of ether oxygens (including phenoxy) is 1. The molecule has 4 rings (SSSR count). The zero-order chi connectivity index (χ0) is 24.8. The van der Waals surface area contributed by atoms with Crippen molar-refractivity contribution >= 4 is 23.3 Å². The van der Waals surface area contributed by atoms with Crippen LogP contribution in [0.3, 0.4) is 0 Å². The van der Waals surface area contributed by atoms with Crippen molar-refractivity contribution in [1.82, 2.24) is 0 Å². The molecule has 3 aromatic rings. The van der Waals surface area contributed by atoms with Crippen molar-refractivity contribution in [2.45, 2.75) is 31.8 Å². The average Bonchev–Trinajstić information content (AvgIpc) is 2.85. The Kier molecular flexibility index (Phi) is 7.74. The molecule has 1 aliphatic rings. The third-order valence-electron chi connectivity index (χ3n) is 5.92. The van der Waals surface area contributed by atoms with Gasteiger partial charge < -0.3 is 26.2 Å². The van der Waals surface area contributed by atoms with Gasteiger partial charge in [-0.05, 0) is 77.6 Å². The first kappa shape index (κ1) is 24.4. The largest absolute Gasteiger partial charge is 0.481 e. The van der Waals surface area contributed by atoms with Crippen molar-refractivity contribution in [2.24, 2.45) is 5.73 Å². The van der Waals surface area contributed by atoms with E-state index in [-0.39, 0.29) is 19.0 Å². The van der Waals surface area contributed by atoms with Gasteiger partial charge in [-0.15, -0.1) is 0 Å². The number of carbonyl (C=O) groups excluding carboxylic acids is 1. The maximum Gasteiger partial charge on any atom is 0.307 e. The van der Waals surface area contributed by atoms with Gasteiger partial charge in [0.15, 0.2) is 0 Å². The Morgan fingerprint density at radius 1 is 1.03 bits per heavy atom. The summed E-state index contributed by atoms with van der Waals surface area (Å²) < 4.78 is 19.7. The monoisotopic (exact) mass is 477 g/mol. The first-order valence-corrected chi connectivity index (χ1v) is 11.5. The van der Waals surface area contributed by atoms with Gasteiger partial charge >= 0.3 is 5.97 Å². The zero-order valence-electron chi connectivity index (χ0n) is 19.2. The molecular weight excluding hydrogens is 449 g/mol. The molecule has 0 aliphatic carbocycles. The van der Waals surface area contributed by atoms with Gasteiger partial charge in [-0.3, -0.25) is 9.59 Å². The van der Waals surface area contributed by atoms with Gasteiger partial charge in [0.25, 0.3) is 5.91 Å². The summed E-state index contributed by atoms with van der Waals surface area (Å²) in [6.45, 7) is 1.52. The average molecular weight is 478 g/mol. The lowest BCUT2D eigenvalue weighted by Crippen LogP contribution is -2.28. The highest BCUT2D eigenvalue weighted by Crippen LogP contribution is 2.29. The molecule has 35 heavy (non-hydrogen) atoms. The molecule has 0 saturated carbocycles. The molecule has 0 radical (unpaired) electrons. The van der Waals surface area contributed by atoms with Crippen molar-refractivity contribution in [3.63, 3.8) is 0 Å². The Morgan fingerprint density at radius 3 is 2.51 bits per heavy atom. The summed E-state index contributed by atoms with van der Waals surface area (Å²) >= 11 is 0. The molecule has 3 aromatic carbocycles. The minimum atomic E-state index is -0.988. The van der Waals surface area contributed by atoms with Gasteiger partial charge in [-0.2, -0.15) is 0 Å². The number of halogens is 1. The van der Waals surface area contributed by atoms with Crippen LogP contribution in [-0.2, 0) is 22.5 Å². The molecule has 0 atom stereocenters. The highest BCUT2D eigenvalue weighted by Gasteiger charge is 2.17. The van der Waals surface area contributed by atoms with Crippen LogP contribution in [0.1, 0.15) is 34.3 Å². The summed E-state index contributed by atoms with van der Waals surface area (Å²) in [6.07, 6.45) is 1.47. The van der Waals surface area contributed by atoms with Crippen LogP contribution in [0.25, 0.3) is 11.1 Å². The summed E-state index contributed by atoms with van der Waals surface area (Å²) in [5, 5.41) is 15.5. The van der Waals surface area contributed by atoms with Gasteiger partial charge in [0, 0.05) is 42.7 Å². The number of benzene rings is 3. The highest BCUT2D eigenvalue weighted by atomic mass is 19.1. The number of carbonyl (C=O) groups is 2. The molecule has 0 spiro atoms. The van der Waals surface area contributed by atoms with Crippen LogP contribution in [0.4, 0.5) is 15.8 Å². The second-order valence-corrected chi connectivity index (χ2v) is 8.56. The standard InChI is InChI=1S/C27H28FN3O4/c28-22-10-17(16-29)9-19(12-22)20-11-21(14-24(13-20)30-23-5-7-35-8-6-23)27(34)31-25-4-2-1-3-18(25)15-26(32)33/h1-4,9-14,23,30H,5-8,15-16,29H2,(H,31,34)(H,32,33). The van der Waals surface area contributed by atoms with Crippen LogP contribution in [0.5, 0.6) is 0 Å². The van der Waals surface area contributed by atoms with Crippen LogP contribution in [0, 0.1) is 5.82 Å². The Bertz CT molecular complexity index is 1220. The number of anilines is 2. The predicted octanol–water partition coefficient (Wildman–Crippen LogP) is 4.42. The van der Waals surface area contributed by atoms with Crippen LogP contribution in [0.2, 0.25) is 0 Å². The first-order valence-electron chi connectivity index (χ1n) is 11.5. The maximum absolute atomic E-state index is 14.3. The first-order chi connectivity index (χ1) is 16.9. The molecule has 7 nitrogen and oxygen atoms in total. The van der Waals surface area contributed by atoms with Crippen molar-refractivity contribution in [1.29, 1.82) is 0 Å². The normalized spacial score (nSPS) is 13.9. The van der Waals surface area contributed by atoms with E-state index in [0.29, 0.717) is 46.7 Å². The van der Waals surface area contributed by atoms with Gasteiger partial charge in [0.2, 0.25) is 0 Å². The number of para-hydroxylation sites is 1. The summed E-state index contributed by atoms with van der Waals surface area (Å²) in [4.78, 5) is 24.5. The van der Waals surface area contributed by atoms with E-state index in [9.17, 15) is 19.1 Å². The van der Waals surface area contributed by atoms with E-state index in [4.69, 9.17) is 10.5 Å². The lowest BCUT2D eigenvalue weighted by Gasteiger charge is -2.25. The third-order valence-corrected chi connectivity index (χ3v) is 5.92. The van der Waals surface area contributed by atoms with E-state index < -0.39 is 17.7 Å². The van der Waals surface area contributed by atoms with E-state index in [1.54, 1.807) is 42.5 Å². The van der Waals surface area contributed by atoms with Crippen molar-refractivity contribution in [3.05, 3.63) is 83.2 Å². The number of nitrogens with one attached hydrogen (secondary N) is 2. The molecule has 1 heterocycles. The molecule has 8 heteroatoms. The number of rotatable bonds is 8. The van der Waals surface area contributed by atoms with Gasteiger partial charge in [-0.1, -0.05) is 18.2 Å². The van der Waals surface area contributed by atoms with E-state index >= 15 is 0 Å². The van der Waals surface area contributed by atoms with E-state index in [1.807, 2.05) is 6.07 Å². The van der Waals surface area contributed by atoms with Crippen molar-refractivity contribution in [3.8, 4) is 11.1 Å². The smallest absolute Gasteiger partial charge is 0.307 e. The molecule has 1 amide bonds. The summed E-state index contributed by atoms with van der Waals surface area (Å²) in [5.41, 5.74) is 9.69. The molecule has 1 fully saturated rings. The number of amides is 1. The lowest BCUT2D eigenvalue weighted by molar-refractivity contribution is -0.136. The molecule has 1 saturated heterocycles. The summed E-state index contributed by atoms with van der Waals surface area (Å²) in [5.74, 6) is -1.78. The van der Waals surface area contributed by atoms with Crippen molar-refractivity contribution in [2.75, 3.05) is 23.8 Å². The number of carboxylic acid groups (broad SMARTS) is 1. The number of aliphatic carboxylic acids is 1. The quantitative estimate of drug-likeness (QED) is 0.382.